The molecule has 0 atom stereocenters. The van der Waals surface area contributed by atoms with E-state index in [1.165, 1.54) is 31.4 Å². The molecule has 0 aromatic carbocycles. The predicted octanol–water partition coefficient (Wildman–Crippen LogP) is 2.79. The van der Waals surface area contributed by atoms with Gasteiger partial charge in [0.25, 0.3) is 0 Å². The highest BCUT2D eigenvalue weighted by Gasteiger charge is 2.19. The summed E-state index contributed by atoms with van der Waals surface area (Å²) in [4.78, 5) is 0. The molecule has 2 rings (SSSR count). The topological polar surface area (TPSA) is 29.9 Å². The number of nitrogens with zero attached hydrogens (tertiary/aromatic N) is 2. The number of nitrogens with one attached hydrogen (secondary N) is 1. The first-order valence-electron chi connectivity index (χ1n) is 6.11. The van der Waals surface area contributed by atoms with Crippen molar-refractivity contribution in [3.05, 3.63) is 15.9 Å². The van der Waals surface area contributed by atoms with Crippen molar-refractivity contribution >= 4 is 15.9 Å². The molecule has 1 aliphatic carbocycles. The van der Waals surface area contributed by atoms with Gasteiger partial charge in [0.15, 0.2) is 0 Å². The van der Waals surface area contributed by atoms with E-state index in [0.717, 1.165) is 29.3 Å². The Labute approximate surface area is 106 Å². The van der Waals surface area contributed by atoms with Gasteiger partial charge in [-0.15, -0.1) is 0 Å². The lowest BCUT2D eigenvalue weighted by Crippen LogP contribution is -2.18. The van der Waals surface area contributed by atoms with Gasteiger partial charge in [-0.2, -0.15) is 5.10 Å². The molecule has 1 aliphatic rings. The lowest BCUT2D eigenvalue weighted by atomic mass is 10.3. The number of aryl methyl sites for hydroxylation is 2. The Hall–Kier alpha value is -0.350. The van der Waals surface area contributed by atoms with Gasteiger partial charge in [0.1, 0.15) is 0 Å². The van der Waals surface area contributed by atoms with Crippen molar-refractivity contribution in [2.75, 3.05) is 6.54 Å². The van der Waals surface area contributed by atoms with Gasteiger partial charge in [0.2, 0.25) is 0 Å². The van der Waals surface area contributed by atoms with E-state index < -0.39 is 0 Å². The van der Waals surface area contributed by atoms with Crippen molar-refractivity contribution in [3.63, 3.8) is 0 Å². The molecule has 1 fully saturated rings. The van der Waals surface area contributed by atoms with E-state index in [4.69, 9.17) is 0 Å². The van der Waals surface area contributed by atoms with E-state index in [1.54, 1.807) is 0 Å². The Balaban J connectivity index is 1.69. The second-order valence-corrected chi connectivity index (χ2v) is 5.44. The first-order chi connectivity index (χ1) is 7.68. The van der Waals surface area contributed by atoms with Crippen molar-refractivity contribution < 1.29 is 0 Å². The fourth-order valence-corrected chi connectivity index (χ4v) is 2.16. The number of rotatable bonds is 6. The summed E-state index contributed by atoms with van der Waals surface area (Å²) in [6.07, 6.45) is 5.20. The Morgan fingerprint density at radius 2 is 2.12 bits per heavy atom. The molecule has 0 saturated heterocycles. The van der Waals surface area contributed by atoms with E-state index in [-0.39, 0.29) is 0 Å². The van der Waals surface area contributed by atoms with Crippen molar-refractivity contribution in [3.8, 4) is 0 Å². The zero-order valence-electron chi connectivity index (χ0n) is 10.1. The van der Waals surface area contributed by atoms with Gasteiger partial charge < -0.3 is 5.32 Å². The summed E-state index contributed by atoms with van der Waals surface area (Å²) in [5.41, 5.74) is 2.33. The lowest BCUT2D eigenvalue weighted by molar-refractivity contribution is 0.524. The maximum absolute atomic E-state index is 4.50. The molecular weight excluding hydrogens is 266 g/mol. The third kappa shape index (κ3) is 3.08. The van der Waals surface area contributed by atoms with E-state index in [0.29, 0.717) is 0 Å². The minimum absolute atomic E-state index is 0.836. The first-order valence-corrected chi connectivity index (χ1v) is 6.90. The Morgan fingerprint density at radius 3 is 2.69 bits per heavy atom. The van der Waals surface area contributed by atoms with Gasteiger partial charge in [-0.05, 0) is 62.0 Å². The molecule has 90 valence electrons. The van der Waals surface area contributed by atoms with Crippen molar-refractivity contribution in [2.45, 2.75) is 52.1 Å². The normalized spacial score (nSPS) is 15.7. The highest BCUT2D eigenvalue weighted by atomic mass is 79.9. The molecule has 1 aromatic rings. The number of hydrogen-bond donors (Lipinski definition) is 1. The molecule has 1 N–H and O–H groups in total. The number of halogens is 1. The minimum Gasteiger partial charge on any atom is -0.314 e. The van der Waals surface area contributed by atoms with Crippen LogP contribution in [0.25, 0.3) is 0 Å². The highest BCUT2D eigenvalue weighted by molar-refractivity contribution is 9.10. The van der Waals surface area contributed by atoms with Crippen LogP contribution in [0.15, 0.2) is 4.47 Å². The van der Waals surface area contributed by atoms with Gasteiger partial charge in [-0.1, -0.05) is 0 Å². The molecule has 0 spiro atoms. The maximum Gasteiger partial charge on any atom is 0.0738 e. The van der Waals surface area contributed by atoms with Crippen LogP contribution in [0.5, 0.6) is 0 Å². The van der Waals surface area contributed by atoms with Crippen LogP contribution in [0.3, 0.4) is 0 Å². The van der Waals surface area contributed by atoms with E-state index in [2.05, 4.69) is 38.0 Å². The third-order valence-electron chi connectivity index (χ3n) is 3.10. The summed E-state index contributed by atoms with van der Waals surface area (Å²) < 4.78 is 3.26. The van der Waals surface area contributed by atoms with Crippen LogP contribution in [0.2, 0.25) is 0 Å². The van der Waals surface area contributed by atoms with Gasteiger partial charge in [-0.25, -0.2) is 0 Å². The number of aromatic nitrogens is 2. The molecule has 4 heteroatoms. The second kappa shape index (κ2) is 5.32. The van der Waals surface area contributed by atoms with Crippen LogP contribution in [0, 0.1) is 13.8 Å². The molecule has 16 heavy (non-hydrogen) atoms. The van der Waals surface area contributed by atoms with Crippen LogP contribution >= 0.6 is 15.9 Å². The van der Waals surface area contributed by atoms with Crippen molar-refractivity contribution in [1.29, 1.82) is 0 Å². The molecule has 1 heterocycles. The largest absolute Gasteiger partial charge is 0.314 e. The second-order valence-electron chi connectivity index (χ2n) is 4.64. The van der Waals surface area contributed by atoms with Crippen LogP contribution in [0.4, 0.5) is 0 Å². The van der Waals surface area contributed by atoms with Gasteiger partial charge in [0.05, 0.1) is 10.2 Å². The van der Waals surface area contributed by atoms with Gasteiger partial charge in [-0.3, -0.25) is 4.68 Å². The van der Waals surface area contributed by atoms with Gasteiger partial charge >= 0.3 is 0 Å². The van der Waals surface area contributed by atoms with Crippen molar-refractivity contribution in [2.24, 2.45) is 0 Å². The quantitative estimate of drug-likeness (QED) is 0.815. The maximum atomic E-state index is 4.50. The molecule has 3 nitrogen and oxygen atoms in total. The predicted molar refractivity (Wildman–Crippen MR) is 69.7 cm³/mol. The number of hydrogen-bond acceptors (Lipinski definition) is 2. The molecule has 0 bridgehead atoms. The van der Waals surface area contributed by atoms with E-state index in [1.807, 2.05) is 6.92 Å². The highest BCUT2D eigenvalue weighted by Crippen LogP contribution is 2.20. The lowest BCUT2D eigenvalue weighted by Gasteiger charge is -2.05. The Kier molecular flexibility index (Phi) is 4.03. The van der Waals surface area contributed by atoms with Crippen molar-refractivity contribution in [1.82, 2.24) is 15.1 Å². The zero-order valence-corrected chi connectivity index (χ0v) is 11.7. The standard InChI is InChI=1S/C12H20BrN3/c1-9-12(13)10(2)16(15-9)8-4-3-7-14-11-5-6-11/h11,14H,3-8H2,1-2H3. The van der Waals surface area contributed by atoms with E-state index >= 15 is 0 Å². The van der Waals surface area contributed by atoms with Gasteiger partial charge in [0, 0.05) is 18.3 Å². The molecule has 0 amide bonds. The Morgan fingerprint density at radius 1 is 1.38 bits per heavy atom. The fraction of sp³-hybridized carbons (Fsp3) is 0.750. The molecule has 1 saturated carbocycles. The summed E-state index contributed by atoms with van der Waals surface area (Å²) in [6, 6.07) is 0.836. The molecule has 1 aromatic heterocycles. The molecular formula is C12H20BrN3. The van der Waals surface area contributed by atoms with E-state index in [9.17, 15) is 0 Å². The zero-order chi connectivity index (χ0) is 11.5. The average Bonchev–Trinajstić information content (AvgIpc) is 3.04. The number of unbranched alkanes of at least 4 members (excludes halogenated alkanes) is 1. The SMILES string of the molecule is Cc1nn(CCCCNC2CC2)c(C)c1Br. The summed E-state index contributed by atoms with van der Waals surface area (Å²) in [5, 5.41) is 8.04. The molecule has 0 unspecified atom stereocenters. The monoisotopic (exact) mass is 285 g/mol. The average molecular weight is 286 g/mol. The third-order valence-corrected chi connectivity index (χ3v) is 4.25. The summed E-state index contributed by atoms with van der Waals surface area (Å²) in [7, 11) is 0. The van der Waals surface area contributed by atoms with Crippen LogP contribution in [-0.4, -0.2) is 22.4 Å². The molecule has 0 aliphatic heterocycles. The Bertz CT molecular complexity index is 355. The summed E-state index contributed by atoms with van der Waals surface area (Å²) in [5.74, 6) is 0. The molecule has 0 radical (unpaired) electrons. The van der Waals surface area contributed by atoms with Crippen LogP contribution in [-0.2, 0) is 6.54 Å². The van der Waals surface area contributed by atoms with Crippen LogP contribution < -0.4 is 5.32 Å². The summed E-state index contributed by atoms with van der Waals surface area (Å²) in [6.45, 7) is 6.35. The van der Waals surface area contributed by atoms with Crippen LogP contribution in [0.1, 0.15) is 37.1 Å². The smallest absolute Gasteiger partial charge is 0.0738 e. The summed E-state index contributed by atoms with van der Waals surface area (Å²) >= 11 is 3.55. The minimum atomic E-state index is 0.836. The first kappa shape index (κ1) is 12.1. The fourth-order valence-electron chi connectivity index (χ4n) is 1.87.